The van der Waals surface area contributed by atoms with Crippen LogP contribution >= 0.6 is 0 Å². The van der Waals surface area contributed by atoms with E-state index in [2.05, 4.69) is 0 Å². The van der Waals surface area contributed by atoms with Gasteiger partial charge < -0.3 is 4.18 Å². The summed E-state index contributed by atoms with van der Waals surface area (Å²) in [5.41, 5.74) is 2.31. The second-order valence-electron chi connectivity index (χ2n) is 6.80. The summed E-state index contributed by atoms with van der Waals surface area (Å²) in [6, 6.07) is 14.5. The maximum Gasteiger partial charge on any atom is 0.409 e. The van der Waals surface area contributed by atoms with Crippen molar-refractivity contribution in [3.8, 4) is 5.75 Å². The standard InChI is InChI=1S/C20H25NO4S/c1-14(2)17-11-8-12-18(15(3)4)20(17)25-26(23,24)21-19(22)13-16-9-6-5-7-10-16/h5-12,14-15H,13H2,1-4H3,(H,21,22). The number of nitrogens with one attached hydrogen (secondary N) is 1. The largest absolute Gasteiger partial charge is 0.409 e. The first-order valence-corrected chi connectivity index (χ1v) is 10.0. The van der Waals surface area contributed by atoms with Gasteiger partial charge in [-0.2, -0.15) is 8.42 Å². The molecule has 0 atom stereocenters. The maximum atomic E-state index is 12.4. The van der Waals surface area contributed by atoms with E-state index in [1.807, 2.05) is 56.7 Å². The van der Waals surface area contributed by atoms with Crippen LogP contribution in [0.2, 0.25) is 0 Å². The second-order valence-corrected chi connectivity index (χ2v) is 8.08. The van der Waals surface area contributed by atoms with Crippen LogP contribution in [0.3, 0.4) is 0 Å². The number of amides is 1. The summed E-state index contributed by atoms with van der Waals surface area (Å²) in [7, 11) is -4.27. The van der Waals surface area contributed by atoms with Crippen LogP contribution in [0.5, 0.6) is 5.75 Å². The smallest absolute Gasteiger partial charge is 0.366 e. The molecule has 2 aromatic rings. The van der Waals surface area contributed by atoms with Crippen LogP contribution in [0.1, 0.15) is 56.2 Å². The highest BCUT2D eigenvalue weighted by atomic mass is 32.2. The van der Waals surface area contributed by atoms with E-state index in [1.165, 1.54) is 0 Å². The van der Waals surface area contributed by atoms with Gasteiger partial charge in [0.15, 0.2) is 5.75 Å². The zero-order valence-corrected chi connectivity index (χ0v) is 16.3. The molecular formula is C20H25NO4S. The highest BCUT2D eigenvalue weighted by Crippen LogP contribution is 2.35. The van der Waals surface area contributed by atoms with Gasteiger partial charge in [0.2, 0.25) is 5.91 Å². The van der Waals surface area contributed by atoms with E-state index in [4.69, 9.17) is 4.18 Å². The minimum Gasteiger partial charge on any atom is -0.366 e. The van der Waals surface area contributed by atoms with Crippen molar-refractivity contribution in [3.05, 3.63) is 65.2 Å². The van der Waals surface area contributed by atoms with Gasteiger partial charge in [0.05, 0.1) is 6.42 Å². The van der Waals surface area contributed by atoms with Crippen molar-refractivity contribution in [2.75, 3.05) is 0 Å². The molecule has 0 aliphatic rings. The van der Waals surface area contributed by atoms with E-state index < -0.39 is 16.2 Å². The number of benzene rings is 2. The molecule has 1 amide bonds. The average Bonchev–Trinajstić information content (AvgIpc) is 2.54. The molecule has 6 heteroatoms. The Morgan fingerprint density at radius 1 is 0.923 bits per heavy atom. The van der Waals surface area contributed by atoms with Gasteiger partial charge >= 0.3 is 10.3 Å². The van der Waals surface area contributed by atoms with Gasteiger partial charge in [-0.25, -0.2) is 4.72 Å². The third-order valence-electron chi connectivity index (χ3n) is 3.96. The lowest BCUT2D eigenvalue weighted by Gasteiger charge is -2.19. The fourth-order valence-electron chi connectivity index (χ4n) is 2.67. The third kappa shape index (κ3) is 5.33. The maximum absolute atomic E-state index is 12.4. The monoisotopic (exact) mass is 375 g/mol. The van der Waals surface area contributed by atoms with Crippen molar-refractivity contribution >= 4 is 16.2 Å². The van der Waals surface area contributed by atoms with Crippen molar-refractivity contribution < 1.29 is 17.4 Å². The van der Waals surface area contributed by atoms with Gasteiger partial charge in [0, 0.05) is 0 Å². The van der Waals surface area contributed by atoms with Crippen LogP contribution in [-0.4, -0.2) is 14.3 Å². The van der Waals surface area contributed by atoms with Gasteiger partial charge in [-0.1, -0.05) is 76.2 Å². The Morgan fingerprint density at radius 3 is 1.96 bits per heavy atom. The Balaban J connectivity index is 2.22. The van der Waals surface area contributed by atoms with E-state index in [0.29, 0.717) is 5.75 Å². The number of para-hydroxylation sites is 1. The van der Waals surface area contributed by atoms with E-state index in [9.17, 15) is 13.2 Å². The van der Waals surface area contributed by atoms with Crippen molar-refractivity contribution in [2.45, 2.75) is 46.0 Å². The van der Waals surface area contributed by atoms with Crippen molar-refractivity contribution in [3.63, 3.8) is 0 Å². The minimum atomic E-state index is -4.27. The summed E-state index contributed by atoms with van der Waals surface area (Å²) in [6.45, 7) is 7.86. The number of carbonyl (C=O) groups excluding carboxylic acids is 1. The molecule has 1 N–H and O–H groups in total. The molecule has 26 heavy (non-hydrogen) atoms. The molecule has 5 nitrogen and oxygen atoms in total. The molecule has 0 saturated heterocycles. The highest BCUT2D eigenvalue weighted by Gasteiger charge is 2.23. The quantitative estimate of drug-likeness (QED) is 0.796. The Morgan fingerprint density at radius 2 is 1.46 bits per heavy atom. The number of hydrogen-bond acceptors (Lipinski definition) is 4. The first-order chi connectivity index (χ1) is 12.2. The van der Waals surface area contributed by atoms with Crippen LogP contribution in [0.15, 0.2) is 48.5 Å². The lowest BCUT2D eigenvalue weighted by atomic mass is 9.94. The number of hydrogen-bond donors (Lipinski definition) is 1. The second kappa shape index (κ2) is 8.36. The fraction of sp³-hybridized carbons (Fsp3) is 0.350. The molecule has 0 fully saturated rings. The fourth-order valence-corrected chi connectivity index (χ4v) is 3.47. The first kappa shape index (κ1) is 20.0. The molecule has 0 aliphatic carbocycles. The Bertz CT molecular complexity index is 832. The van der Waals surface area contributed by atoms with Crippen LogP contribution in [0.25, 0.3) is 0 Å². The third-order valence-corrected chi connectivity index (χ3v) is 4.82. The molecule has 0 unspecified atom stereocenters. The van der Waals surface area contributed by atoms with Gasteiger partial charge in [-0.3, -0.25) is 4.79 Å². The number of rotatable bonds is 7. The van der Waals surface area contributed by atoms with Gasteiger partial charge in [0.25, 0.3) is 0 Å². The van der Waals surface area contributed by atoms with Crippen LogP contribution in [0, 0.1) is 0 Å². The van der Waals surface area contributed by atoms with Gasteiger partial charge in [-0.15, -0.1) is 0 Å². The molecular weight excluding hydrogens is 350 g/mol. The first-order valence-electron chi connectivity index (χ1n) is 8.61. The predicted molar refractivity (Wildman–Crippen MR) is 102 cm³/mol. The van der Waals surface area contributed by atoms with E-state index in [-0.39, 0.29) is 18.3 Å². The summed E-state index contributed by atoms with van der Waals surface area (Å²) >= 11 is 0. The molecule has 2 aromatic carbocycles. The lowest BCUT2D eigenvalue weighted by molar-refractivity contribution is -0.118. The molecule has 0 aliphatic heterocycles. The molecule has 2 rings (SSSR count). The molecule has 0 heterocycles. The topological polar surface area (TPSA) is 72.5 Å². The SMILES string of the molecule is CC(C)c1cccc(C(C)C)c1OS(=O)(=O)NC(=O)Cc1ccccc1. The van der Waals surface area contributed by atoms with Crippen LogP contribution in [-0.2, 0) is 21.5 Å². The summed E-state index contributed by atoms with van der Waals surface area (Å²) < 4.78 is 32.1. The minimum absolute atomic E-state index is 0.0354. The molecule has 0 radical (unpaired) electrons. The Kier molecular flexibility index (Phi) is 6.42. The average molecular weight is 375 g/mol. The summed E-state index contributed by atoms with van der Waals surface area (Å²) in [5.74, 6) is -0.167. The van der Waals surface area contributed by atoms with Crippen LogP contribution < -0.4 is 8.91 Å². The zero-order chi connectivity index (χ0) is 19.3. The van der Waals surface area contributed by atoms with Gasteiger partial charge in [-0.05, 0) is 28.5 Å². The van der Waals surface area contributed by atoms with Crippen molar-refractivity contribution in [1.82, 2.24) is 4.72 Å². The normalized spacial score (nSPS) is 11.6. The molecule has 0 bridgehead atoms. The summed E-state index contributed by atoms with van der Waals surface area (Å²) in [5, 5.41) is 0. The Hall–Kier alpha value is -2.34. The van der Waals surface area contributed by atoms with Crippen LogP contribution in [0.4, 0.5) is 0 Å². The molecule has 0 aromatic heterocycles. The van der Waals surface area contributed by atoms with E-state index in [1.54, 1.807) is 24.3 Å². The molecule has 0 spiro atoms. The summed E-state index contributed by atoms with van der Waals surface area (Å²) in [4.78, 5) is 12.1. The van der Waals surface area contributed by atoms with E-state index in [0.717, 1.165) is 16.7 Å². The zero-order valence-electron chi connectivity index (χ0n) is 15.5. The lowest BCUT2D eigenvalue weighted by Crippen LogP contribution is -2.35. The predicted octanol–water partition coefficient (Wildman–Crippen LogP) is 3.92. The van der Waals surface area contributed by atoms with Crippen molar-refractivity contribution in [2.24, 2.45) is 0 Å². The summed E-state index contributed by atoms with van der Waals surface area (Å²) in [6.07, 6.45) is -0.0354. The number of carbonyl (C=O) groups is 1. The molecule has 0 saturated carbocycles. The molecule has 140 valence electrons. The van der Waals surface area contributed by atoms with Crippen molar-refractivity contribution in [1.29, 1.82) is 0 Å². The van der Waals surface area contributed by atoms with E-state index >= 15 is 0 Å². The Labute approximate surface area is 155 Å². The van der Waals surface area contributed by atoms with Gasteiger partial charge in [0.1, 0.15) is 0 Å². The highest BCUT2D eigenvalue weighted by molar-refractivity contribution is 7.85.